The summed E-state index contributed by atoms with van der Waals surface area (Å²) in [7, 11) is 1.63. The van der Waals surface area contributed by atoms with Crippen LogP contribution in [0.2, 0.25) is 0 Å². The maximum absolute atomic E-state index is 9.23. The molecule has 0 aliphatic heterocycles. The third kappa shape index (κ3) is 6.40. The Morgan fingerprint density at radius 1 is 0.793 bits per heavy atom. The SMILES string of the molecule is COc1ccc(C=CC(C=Cc2ccc(OCc3ccccc3)cc2)=NO)cc1. The van der Waals surface area contributed by atoms with Crippen molar-refractivity contribution in [3.05, 3.63) is 108 Å². The molecule has 3 aromatic rings. The summed E-state index contributed by atoms with van der Waals surface area (Å²) in [5.41, 5.74) is 3.55. The molecule has 0 aromatic heterocycles. The number of ether oxygens (including phenoxy) is 2. The van der Waals surface area contributed by atoms with E-state index in [4.69, 9.17) is 9.47 Å². The molecule has 0 bridgehead atoms. The van der Waals surface area contributed by atoms with Gasteiger partial charge in [0, 0.05) is 0 Å². The van der Waals surface area contributed by atoms with E-state index in [9.17, 15) is 5.21 Å². The Kier molecular flexibility index (Phi) is 7.24. The molecule has 0 spiro atoms. The van der Waals surface area contributed by atoms with Gasteiger partial charge < -0.3 is 14.7 Å². The van der Waals surface area contributed by atoms with E-state index in [1.165, 1.54) is 0 Å². The average Bonchev–Trinajstić information content (AvgIpc) is 2.79. The van der Waals surface area contributed by atoms with Gasteiger partial charge in [-0.15, -0.1) is 0 Å². The summed E-state index contributed by atoms with van der Waals surface area (Å²) in [4.78, 5) is 0. The van der Waals surface area contributed by atoms with Crippen molar-refractivity contribution in [2.75, 3.05) is 7.11 Å². The molecule has 0 aliphatic rings. The van der Waals surface area contributed by atoms with Crippen LogP contribution in [0.15, 0.2) is 96.2 Å². The van der Waals surface area contributed by atoms with Crippen LogP contribution >= 0.6 is 0 Å². The summed E-state index contributed by atoms with van der Waals surface area (Å²) in [6.45, 7) is 0.535. The lowest BCUT2D eigenvalue weighted by Crippen LogP contribution is -1.94. The van der Waals surface area contributed by atoms with Crippen molar-refractivity contribution < 1.29 is 14.7 Å². The molecular formula is C25H23NO3. The summed E-state index contributed by atoms with van der Waals surface area (Å²) >= 11 is 0. The van der Waals surface area contributed by atoms with Gasteiger partial charge in [-0.2, -0.15) is 0 Å². The van der Waals surface area contributed by atoms with Gasteiger partial charge in [-0.05, 0) is 53.1 Å². The van der Waals surface area contributed by atoms with E-state index in [-0.39, 0.29) is 0 Å². The van der Waals surface area contributed by atoms with Crippen LogP contribution in [0.4, 0.5) is 0 Å². The first-order valence-corrected chi connectivity index (χ1v) is 9.26. The van der Waals surface area contributed by atoms with Crippen LogP contribution in [0, 0.1) is 0 Å². The Labute approximate surface area is 171 Å². The average molecular weight is 385 g/mol. The van der Waals surface area contributed by atoms with Gasteiger partial charge in [-0.25, -0.2) is 0 Å². The van der Waals surface area contributed by atoms with E-state index in [0.717, 1.165) is 28.2 Å². The highest BCUT2D eigenvalue weighted by molar-refractivity contribution is 6.08. The lowest BCUT2D eigenvalue weighted by Gasteiger charge is -2.06. The van der Waals surface area contributed by atoms with E-state index < -0.39 is 0 Å². The second-order valence-electron chi connectivity index (χ2n) is 6.31. The summed E-state index contributed by atoms with van der Waals surface area (Å²) in [5, 5.41) is 12.6. The number of hydrogen-bond acceptors (Lipinski definition) is 4. The smallest absolute Gasteiger partial charge is 0.119 e. The zero-order valence-electron chi connectivity index (χ0n) is 16.2. The van der Waals surface area contributed by atoms with Gasteiger partial charge in [0.05, 0.1) is 7.11 Å². The molecule has 0 aliphatic carbocycles. The molecule has 1 N–H and O–H groups in total. The highest BCUT2D eigenvalue weighted by atomic mass is 16.5. The molecule has 4 heteroatoms. The van der Waals surface area contributed by atoms with Gasteiger partial charge >= 0.3 is 0 Å². The van der Waals surface area contributed by atoms with Crippen LogP contribution in [-0.4, -0.2) is 18.0 Å². The van der Waals surface area contributed by atoms with Crippen LogP contribution in [0.25, 0.3) is 12.2 Å². The third-order valence-electron chi connectivity index (χ3n) is 4.25. The maximum atomic E-state index is 9.23. The molecule has 3 aromatic carbocycles. The number of nitrogens with zero attached hydrogens (tertiary/aromatic N) is 1. The van der Waals surface area contributed by atoms with Gasteiger partial charge in [0.2, 0.25) is 0 Å². The standard InChI is InChI=1S/C25H23NO3/c1-28-24-15-9-20(10-16-24)7-13-23(26-27)14-8-21-11-17-25(18-12-21)29-19-22-5-3-2-4-6-22/h2-18,27H,19H2,1H3. The Hall–Kier alpha value is -3.79. The van der Waals surface area contributed by atoms with Gasteiger partial charge in [0.25, 0.3) is 0 Å². The van der Waals surface area contributed by atoms with Crippen molar-refractivity contribution in [2.45, 2.75) is 6.61 Å². The third-order valence-corrected chi connectivity index (χ3v) is 4.25. The van der Waals surface area contributed by atoms with Gasteiger partial charge in [-0.1, -0.05) is 71.9 Å². The Balaban J connectivity index is 1.56. The van der Waals surface area contributed by atoms with Crippen molar-refractivity contribution in [3.63, 3.8) is 0 Å². The molecular weight excluding hydrogens is 362 g/mol. The largest absolute Gasteiger partial charge is 0.497 e. The minimum absolute atomic E-state index is 0.449. The fraction of sp³-hybridized carbons (Fsp3) is 0.0800. The van der Waals surface area contributed by atoms with Crippen LogP contribution in [-0.2, 0) is 6.61 Å². The number of benzene rings is 3. The molecule has 0 amide bonds. The minimum atomic E-state index is 0.449. The van der Waals surface area contributed by atoms with Crippen LogP contribution in [0.1, 0.15) is 16.7 Å². The highest BCUT2D eigenvalue weighted by Crippen LogP contribution is 2.16. The van der Waals surface area contributed by atoms with Crippen LogP contribution in [0.3, 0.4) is 0 Å². The van der Waals surface area contributed by atoms with E-state index in [2.05, 4.69) is 5.16 Å². The van der Waals surface area contributed by atoms with Crippen molar-refractivity contribution in [1.82, 2.24) is 0 Å². The fourth-order valence-corrected chi connectivity index (χ4v) is 2.62. The normalized spacial score (nSPS) is 11.8. The molecule has 0 heterocycles. The van der Waals surface area contributed by atoms with Gasteiger partial charge in [0.15, 0.2) is 0 Å². The van der Waals surface area contributed by atoms with Crippen LogP contribution < -0.4 is 9.47 Å². The van der Waals surface area contributed by atoms with E-state index >= 15 is 0 Å². The lowest BCUT2D eigenvalue weighted by atomic mass is 10.1. The molecule has 0 saturated heterocycles. The van der Waals surface area contributed by atoms with Crippen molar-refractivity contribution in [3.8, 4) is 11.5 Å². The maximum Gasteiger partial charge on any atom is 0.119 e. The van der Waals surface area contributed by atoms with E-state index in [1.807, 2.05) is 91.0 Å². The predicted octanol–water partition coefficient (Wildman–Crippen LogP) is 5.83. The molecule has 0 radical (unpaired) electrons. The molecule has 4 nitrogen and oxygen atoms in total. The lowest BCUT2D eigenvalue weighted by molar-refractivity contribution is 0.306. The summed E-state index contributed by atoms with van der Waals surface area (Å²) in [6.07, 6.45) is 7.25. The summed E-state index contributed by atoms with van der Waals surface area (Å²) in [5.74, 6) is 1.61. The monoisotopic (exact) mass is 385 g/mol. The van der Waals surface area contributed by atoms with Crippen molar-refractivity contribution in [2.24, 2.45) is 5.16 Å². The Bertz CT molecular complexity index is 973. The second-order valence-corrected chi connectivity index (χ2v) is 6.31. The Morgan fingerprint density at radius 3 is 1.86 bits per heavy atom. The number of methoxy groups -OCH3 is 1. The number of hydrogen-bond donors (Lipinski definition) is 1. The van der Waals surface area contributed by atoms with Crippen molar-refractivity contribution in [1.29, 1.82) is 0 Å². The molecule has 0 atom stereocenters. The molecule has 146 valence electrons. The van der Waals surface area contributed by atoms with Gasteiger partial charge in [-0.3, -0.25) is 0 Å². The number of allylic oxidation sites excluding steroid dienone is 2. The first-order chi connectivity index (χ1) is 14.3. The minimum Gasteiger partial charge on any atom is -0.497 e. The topological polar surface area (TPSA) is 51.0 Å². The first-order valence-electron chi connectivity index (χ1n) is 9.26. The first kappa shape index (κ1) is 20.0. The fourth-order valence-electron chi connectivity index (χ4n) is 2.62. The van der Waals surface area contributed by atoms with Crippen LogP contribution in [0.5, 0.6) is 11.5 Å². The molecule has 3 rings (SSSR count). The van der Waals surface area contributed by atoms with E-state index in [0.29, 0.717) is 12.3 Å². The molecule has 0 unspecified atom stereocenters. The molecule has 0 fully saturated rings. The number of oxime groups is 1. The Morgan fingerprint density at radius 2 is 1.34 bits per heavy atom. The zero-order chi connectivity index (χ0) is 20.3. The van der Waals surface area contributed by atoms with E-state index in [1.54, 1.807) is 19.3 Å². The van der Waals surface area contributed by atoms with Crippen molar-refractivity contribution >= 4 is 17.9 Å². The second kappa shape index (κ2) is 10.5. The zero-order valence-corrected chi connectivity index (χ0v) is 16.2. The summed E-state index contributed by atoms with van der Waals surface area (Å²) in [6, 6.07) is 25.4. The van der Waals surface area contributed by atoms with Gasteiger partial charge in [0.1, 0.15) is 23.8 Å². The molecule has 0 saturated carbocycles. The predicted molar refractivity (Wildman–Crippen MR) is 117 cm³/mol. The molecule has 29 heavy (non-hydrogen) atoms. The quantitative estimate of drug-likeness (QED) is 0.301. The summed E-state index contributed by atoms with van der Waals surface area (Å²) < 4.78 is 10.9. The number of rotatable bonds is 8. The highest BCUT2D eigenvalue weighted by Gasteiger charge is 1.97.